The lowest BCUT2D eigenvalue weighted by Gasteiger charge is -2.33. The highest BCUT2D eigenvalue weighted by atomic mass is 35.5. The minimum absolute atomic E-state index is 0. The van der Waals surface area contributed by atoms with Crippen LogP contribution in [0.1, 0.15) is 17.9 Å². The van der Waals surface area contributed by atoms with E-state index in [1.54, 1.807) is 24.3 Å². The molecule has 1 fully saturated rings. The molecule has 2 unspecified atom stereocenters. The maximum atomic E-state index is 12.8. The third-order valence-electron chi connectivity index (χ3n) is 3.13. The van der Waals surface area contributed by atoms with Gasteiger partial charge in [0.1, 0.15) is 0 Å². The van der Waals surface area contributed by atoms with Gasteiger partial charge in [-0.3, -0.25) is 0 Å². The third-order valence-corrected chi connectivity index (χ3v) is 3.13. The van der Waals surface area contributed by atoms with Crippen LogP contribution in [0.3, 0.4) is 0 Å². The van der Waals surface area contributed by atoms with Gasteiger partial charge in [-0.15, -0.1) is 12.4 Å². The van der Waals surface area contributed by atoms with Crippen LogP contribution in [-0.4, -0.2) is 19.3 Å². The zero-order chi connectivity index (χ0) is 11.6. The highest BCUT2D eigenvalue weighted by molar-refractivity contribution is 5.85. The molecule has 2 atom stereocenters. The van der Waals surface area contributed by atoms with Gasteiger partial charge in [-0.1, -0.05) is 30.3 Å². The largest absolute Gasteiger partial charge is 0.393 e. The lowest BCUT2D eigenvalue weighted by molar-refractivity contribution is -0.183. The first-order chi connectivity index (χ1) is 7.59. The molecule has 0 bridgehead atoms. The normalized spacial score (nSPS) is 25.1. The van der Waals surface area contributed by atoms with Crippen molar-refractivity contribution in [3.8, 4) is 0 Å². The van der Waals surface area contributed by atoms with E-state index in [4.69, 9.17) is 0 Å². The van der Waals surface area contributed by atoms with Crippen molar-refractivity contribution < 1.29 is 13.2 Å². The van der Waals surface area contributed by atoms with Gasteiger partial charge in [-0.25, -0.2) is 0 Å². The number of hydrogen-bond acceptors (Lipinski definition) is 1. The van der Waals surface area contributed by atoms with E-state index in [1.165, 1.54) is 0 Å². The molecule has 0 amide bonds. The van der Waals surface area contributed by atoms with E-state index in [1.807, 2.05) is 6.07 Å². The van der Waals surface area contributed by atoms with Gasteiger partial charge in [-0.05, 0) is 24.4 Å². The van der Waals surface area contributed by atoms with Crippen LogP contribution in [0, 0.1) is 5.92 Å². The summed E-state index contributed by atoms with van der Waals surface area (Å²) in [6.45, 7) is 0.690. The zero-order valence-electron chi connectivity index (χ0n) is 9.20. The minimum Gasteiger partial charge on any atom is -0.316 e. The van der Waals surface area contributed by atoms with Gasteiger partial charge in [0, 0.05) is 6.54 Å². The number of rotatable bonds is 1. The van der Waals surface area contributed by atoms with Crippen LogP contribution in [0.25, 0.3) is 0 Å². The molecule has 1 aromatic carbocycles. The predicted octanol–water partition coefficient (Wildman–Crippen LogP) is 3.36. The fraction of sp³-hybridized carbons (Fsp3) is 0.500. The first-order valence-electron chi connectivity index (χ1n) is 5.41. The van der Waals surface area contributed by atoms with Gasteiger partial charge in [0.05, 0.1) is 5.92 Å². The number of piperidine rings is 1. The highest BCUT2D eigenvalue weighted by Gasteiger charge is 2.45. The van der Waals surface area contributed by atoms with Crippen LogP contribution < -0.4 is 5.32 Å². The fourth-order valence-corrected chi connectivity index (χ4v) is 2.30. The van der Waals surface area contributed by atoms with Crippen molar-refractivity contribution in [2.75, 3.05) is 13.1 Å². The summed E-state index contributed by atoms with van der Waals surface area (Å²) in [5.41, 5.74) is 0.798. The molecular weight excluding hydrogens is 251 g/mol. The van der Waals surface area contributed by atoms with Crippen LogP contribution in [-0.2, 0) is 0 Å². The Labute approximate surface area is 105 Å². The van der Waals surface area contributed by atoms with Gasteiger partial charge in [0.15, 0.2) is 0 Å². The molecule has 1 nitrogen and oxygen atoms in total. The molecule has 0 aromatic heterocycles. The van der Waals surface area contributed by atoms with E-state index < -0.39 is 18.0 Å². The standard InChI is InChI=1S/C12H14F3N.ClH/c13-12(14,15)11-8-16-7-6-10(11)9-4-2-1-3-5-9;/h1-5,10-11,16H,6-8H2;1H. The summed E-state index contributed by atoms with van der Waals surface area (Å²) in [6, 6.07) is 8.99. The average molecular weight is 266 g/mol. The van der Waals surface area contributed by atoms with Gasteiger partial charge >= 0.3 is 6.18 Å². The molecule has 1 aliphatic rings. The number of nitrogens with one attached hydrogen (secondary N) is 1. The van der Waals surface area contributed by atoms with Crippen molar-refractivity contribution in [2.24, 2.45) is 5.92 Å². The summed E-state index contributed by atoms with van der Waals surface area (Å²) in [5, 5.41) is 2.82. The van der Waals surface area contributed by atoms with Gasteiger partial charge < -0.3 is 5.32 Å². The van der Waals surface area contributed by atoms with Crippen LogP contribution in [0.4, 0.5) is 13.2 Å². The summed E-state index contributed by atoms with van der Waals surface area (Å²) >= 11 is 0. The van der Waals surface area contributed by atoms with Crippen molar-refractivity contribution in [1.82, 2.24) is 5.32 Å². The van der Waals surface area contributed by atoms with Crippen LogP contribution in [0.15, 0.2) is 30.3 Å². The van der Waals surface area contributed by atoms with Crippen LogP contribution in [0.5, 0.6) is 0 Å². The molecule has 1 heterocycles. The lowest BCUT2D eigenvalue weighted by Crippen LogP contribution is -2.43. The van der Waals surface area contributed by atoms with E-state index >= 15 is 0 Å². The van der Waals surface area contributed by atoms with Crippen molar-refractivity contribution in [2.45, 2.75) is 18.5 Å². The van der Waals surface area contributed by atoms with E-state index in [9.17, 15) is 13.2 Å². The molecule has 0 spiro atoms. The Balaban J connectivity index is 0.00000144. The van der Waals surface area contributed by atoms with Gasteiger partial charge in [0.2, 0.25) is 0 Å². The lowest BCUT2D eigenvalue weighted by atomic mass is 9.81. The number of hydrogen-bond donors (Lipinski definition) is 1. The Morgan fingerprint density at radius 3 is 2.35 bits per heavy atom. The molecule has 2 rings (SSSR count). The van der Waals surface area contributed by atoms with E-state index in [0.717, 1.165) is 5.56 Å². The molecular formula is C12H15ClF3N. The minimum atomic E-state index is -4.12. The van der Waals surface area contributed by atoms with Gasteiger partial charge in [-0.2, -0.15) is 13.2 Å². The van der Waals surface area contributed by atoms with Crippen LogP contribution >= 0.6 is 12.4 Å². The third kappa shape index (κ3) is 3.36. The maximum absolute atomic E-state index is 12.8. The molecule has 0 saturated carbocycles. The predicted molar refractivity (Wildman–Crippen MR) is 63.5 cm³/mol. The Morgan fingerprint density at radius 2 is 1.76 bits per heavy atom. The molecule has 0 aliphatic carbocycles. The summed E-state index contributed by atoms with van der Waals surface area (Å²) in [6.07, 6.45) is -3.57. The maximum Gasteiger partial charge on any atom is 0.393 e. The monoisotopic (exact) mass is 265 g/mol. The van der Waals surface area contributed by atoms with Crippen molar-refractivity contribution in [3.63, 3.8) is 0 Å². The number of benzene rings is 1. The smallest absolute Gasteiger partial charge is 0.316 e. The molecule has 0 radical (unpaired) electrons. The number of halogens is 4. The van der Waals surface area contributed by atoms with E-state index in [2.05, 4.69) is 5.32 Å². The topological polar surface area (TPSA) is 12.0 Å². The SMILES string of the molecule is Cl.FC(F)(F)C1CNCCC1c1ccccc1. The second kappa shape index (κ2) is 5.74. The fourth-order valence-electron chi connectivity index (χ4n) is 2.30. The Morgan fingerprint density at radius 1 is 1.12 bits per heavy atom. The Bertz CT molecular complexity index is 339. The van der Waals surface area contributed by atoms with Crippen molar-refractivity contribution >= 4 is 12.4 Å². The van der Waals surface area contributed by atoms with E-state index in [0.29, 0.717) is 13.0 Å². The second-order valence-electron chi connectivity index (χ2n) is 4.16. The second-order valence-corrected chi connectivity index (χ2v) is 4.16. The summed E-state index contributed by atoms with van der Waals surface area (Å²) in [4.78, 5) is 0. The van der Waals surface area contributed by atoms with Crippen LogP contribution in [0.2, 0.25) is 0 Å². The van der Waals surface area contributed by atoms with E-state index in [-0.39, 0.29) is 19.0 Å². The van der Waals surface area contributed by atoms with Crippen molar-refractivity contribution in [1.29, 1.82) is 0 Å². The average Bonchev–Trinajstić information content (AvgIpc) is 2.29. The summed E-state index contributed by atoms with van der Waals surface area (Å²) in [5.74, 6) is -1.66. The molecule has 5 heteroatoms. The zero-order valence-corrected chi connectivity index (χ0v) is 10.0. The molecule has 1 aromatic rings. The first-order valence-corrected chi connectivity index (χ1v) is 5.41. The molecule has 17 heavy (non-hydrogen) atoms. The highest BCUT2D eigenvalue weighted by Crippen LogP contribution is 2.40. The van der Waals surface area contributed by atoms with Gasteiger partial charge in [0.25, 0.3) is 0 Å². The summed E-state index contributed by atoms with van der Waals surface area (Å²) in [7, 11) is 0. The quantitative estimate of drug-likeness (QED) is 0.821. The first kappa shape index (κ1) is 14.3. The Hall–Kier alpha value is -0.740. The summed E-state index contributed by atoms with van der Waals surface area (Å²) < 4.78 is 38.5. The molecule has 96 valence electrons. The molecule has 1 N–H and O–H groups in total. The molecule has 1 saturated heterocycles. The van der Waals surface area contributed by atoms with Crippen molar-refractivity contribution in [3.05, 3.63) is 35.9 Å². The molecule has 1 aliphatic heterocycles. The number of alkyl halides is 3. The Kier molecular flexibility index (Phi) is 4.83.